The number of amides is 4. The zero-order chi connectivity index (χ0) is 15.2. The summed E-state index contributed by atoms with van der Waals surface area (Å²) >= 11 is 0. The lowest BCUT2D eigenvalue weighted by atomic mass is 10.2. The number of imide groups is 1. The van der Waals surface area contributed by atoms with Crippen molar-refractivity contribution in [3.8, 4) is 0 Å². The van der Waals surface area contributed by atoms with Crippen LogP contribution in [0.15, 0.2) is 12.4 Å². The summed E-state index contributed by atoms with van der Waals surface area (Å²) in [5.41, 5.74) is 0.995. The molecule has 4 amide bonds. The molecule has 2 heterocycles. The zero-order valence-corrected chi connectivity index (χ0v) is 11.9. The number of carbonyl (C=O) groups is 3. The Morgan fingerprint density at radius 2 is 2.29 bits per heavy atom. The first-order valence-electron chi connectivity index (χ1n) is 6.98. The maximum Gasteiger partial charge on any atom is 0.324 e. The van der Waals surface area contributed by atoms with Crippen molar-refractivity contribution in [3.05, 3.63) is 18.0 Å². The van der Waals surface area contributed by atoms with Gasteiger partial charge in [-0.15, -0.1) is 0 Å². The number of hydrogen-bond donors (Lipinski definition) is 3. The fraction of sp³-hybridized carbons (Fsp3) is 0.538. The molecule has 1 aliphatic rings. The first-order chi connectivity index (χ1) is 10.1. The maximum absolute atomic E-state index is 12.0. The van der Waals surface area contributed by atoms with Gasteiger partial charge in [-0.3, -0.25) is 19.6 Å². The summed E-state index contributed by atoms with van der Waals surface area (Å²) in [5.74, 6) is -0.581. The summed E-state index contributed by atoms with van der Waals surface area (Å²) in [5, 5.41) is 11.8. The average Bonchev–Trinajstić information content (AvgIpc) is 3.04. The van der Waals surface area contributed by atoms with E-state index in [1.807, 2.05) is 6.92 Å². The van der Waals surface area contributed by atoms with Gasteiger partial charge < -0.3 is 10.6 Å². The van der Waals surface area contributed by atoms with E-state index in [-0.39, 0.29) is 18.2 Å². The largest absolute Gasteiger partial charge is 0.356 e. The molecule has 0 aliphatic carbocycles. The van der Waals surface area contributed by atoms with E-state index in [9.17, 15) is 14.4 Å². The molecule has 1 saturated heterocycles. The molecule has 0 unspecified atom stereocenters. The Morgan fingerprint density at radius 1 is 1.48 bits per heavy atom. The third-order valence-electron chi connectivity index (χ3n) is 3.23. The van der Waals surface area contributed by atoms with E-state index >= 15 is 0 Å². The molecular formula is C13H19N5O3. The van der Waals surface area contributed by atoms with Gasteiger partial charge in [0.1, 0.15) is 6.04 Å². The highest BCUT2D eigenvalue weighted by atomic mass is 16.2. The Kier molecular flexibility index (Phi) is 4.91. The van der Waals surface area contributed by atoms with Gasteiger partial charge in [0.25, 0.3) is 5.91 Å². The third kappa shape index (κ3) is 3.80. The molecular weight excluding hydrogens is 274 g/mol. The number of nitrogens with one attached hydrogen (secondary N) is 3. The van der Waals surface area contributed by atoms with Crippen LogP contribution in [0.4, 0.5) is 4.79 Å². The van der Waals surface area contributed by atoms with Gasteiger partial charge in [-0.05, 0) is 18.4 Å². The predicted molar refractivity (Wildman–Crippen MR) is 74.2 cm³/mol. The summed E-state index contributed by atoms with van der Waals surface area (Å²) in [6.07, 6.45) is 4.78. The monoisotopic (exact) mass is 293 g/mol. The highest BCUT2D eigenvalue weighted by Gasteiger charge is 2.38. The maximum atomic E-state index is 12.0. The van der Waals surface area contributed by atoms with Gasteiger partial charge >= 0.3 is 6.03 Å². The van der Waals surface area contributed by atoms with Crippen molar-refractivity contribution >= 4 is 17.8 Å². The van der Waals surface area contributed by atoms with Crippen molar-refractivity contribution in [3.63, 3.8) is 0 Å². The molecule has 0 spiro atoms. The van der Waals surface area contributed by atoms with Crippen LogP contribution in [0.1, 0.15) is 25.3 Å². The second-order valence-corrected chi connectivity index (χ2v) is 4.90. The number of H-pyrrole nitrogens is 1. The summed E-state index contributed by atoms with van der Waals surface area (Å²) in [7, 11) is 0. The molecule has 1 fully saturated rings. The topological polar surface area (TPSA) is 107 Å². The molecule has 2 rings (SSSR count). The second kappa shape index (κ2) is 6.87. The Balaban J connectivity index is 1.75. The van der Waals surface area contributed by atoms with Crippen LogP contribution in [0.3, 0.4) is 0 Å². The number of hydrogen-bond acceptors (Lipinski definition) is 4. The first-order valence-corrected chi connectivity index (χ1v) is 6.98. The van der Waals surface area contributed by atoms with Gasteiger partial charge in [0, 0.05) is 19.3 Å². The number of aromatic amines is 1. The van der Waals surface area contributed by atoms with Crippen LogP contribution in [0.5, 0.6) is 0 Å². The van der Waals surface area contributed by atoms with Gasteiger partial charge in [0.05, 0.1) is 12.6 Å². The van der Waals surface area contributed by atoms with Crippen LogP contribution in [0.25, 0.3) is 0 Å². The van der Waals surface area contributed by atoms with Crippen LogP contribution in [-0.2, 0) is 16.0 Å². The van der Waals surface area contributed by atoms with Crippen molar-refractivity contribution in [1.29, 1.82) is 0 Å². The first kappa shape index (κ1) is 15.0. The van der Waals surface area contributed by atoms with Gasteiger partial charge in [0.2, 0.25) is 5.91 Å². The predicted octanol–water partition coefficient (Wildman–Crippen LogP) is -0.211. The van der Waals surface area contributed by atoms with Crippen molar-refractivity contribution in [2.24, 2.45) is 0 Å². The molecule has 0 saturated carbocycles. The van der Waals surface area contributed by atoms with Crippen LogP contribution in [0.2, 0.25) is 0 Å². The summed E-state index contributed by atoms with van der Waals surface area (Å²) in [6, 6.07) is -1.17. The molecule has 21 heavy (non-hydrogen) atoms. The van der Waals surface area contributed by atoms with E-state index < -0.39 is 12.1 Å². The summed E-state index contributed by atoms with van der Waals surface area (Å²) in [4.78, 5) is 36.5. The van der Waals surface area contributed by atoms with E-state index in [1.54, 1.807) is 12.4 Å². The highest BCUT2D eigenvalue weighted by molar-refractivity contribution is 6.05. The van der Waals surface area contributed by atoms with E-state index in [0.29, 0.717) is 25.9 Å². The molecule has 3 N–H and O–H groups in total. The lowest BCUT2D eigenvalue weighted by Crippen LogP contribution is -2.37. The molecule has 1 aromatic rings. The highest BCUT2D eigenvalue weighted by Crippen LogP contribution is 2.09. The lowest BCUT2D eigenvalue weighted by Gasteiger charge is -2.11. The quantitative estimate of drug-likeness (QED) is 0.604. The Labute approximate surface area is 122 Å². The molecule has 1 aromatic heterocycles. The number of urea groups is 1. The third-order valence-corrected chi connectivity index (χ3v) is 3.23. The Morgan fingerprint density at radius 3 is 2.95 bits per heavy atom. The normalized spacial score (nSPS) is 18.0. The van der Waals surface area contributed by atoms with Crippen molar-refractivity contribution in [2.75, 3.05) is 13.1 Å². The van der Waals surface area contributed by atoms with Gasteiger partial charge in [-0.25, -0.2) is 4.79 Å². The van der Waals surface area contributed by atoms with E-state index in [0.717, 1.165) is 10.5 Å². The molecule has 1 aliphatic heterocycles. The second-order valence-electron chi connectivity index (χ2n) is 4.90. The van der Waals surface area contributed by atoms with Crippen molar-refractivity contribution in [1.82, 2.24) is 25.7 Å². The number of aromatic nitrogens is 2. The molecule has 0 bridgehead atoms. The minimum absolute atomic E-state index is 0.0316. The fourth-order valence-corrected chi connectivity index (χ4v) is 2.17. The van der Waals surface area contributed by atoms with Crippen LogP contribution in [-0.4, -0.2) is 52.1 Å². The molecule has 8 heteroatoms. The number of nitrogens with zero attached hydrogens (tertiary/aromatic N) is 2. The molecule has 114 valence electrons. The van der Waals surface area contributed by atoms with Crippen LogP contribution >= 0.6 is 0 Å². The van der Waals surface area contributed by atoms with Crippen LogP contribution in [0, 0.1) is 0 Å². The minimum Gasteiger partial charge on any atom is -0.356 e. The standard InChI is InChI=1S/C13H19N5O3/c1-2-5-18-12(20)10(17-13(18)21)6-11(19)14-4-3-9-7-15-16-8-9/h7-8,10H,2-6H2,1H3,(H,14,19)(H,15,16)(H,17,21)/t10-/m0/s1. The molecule has 1 atom stereocenters. The van der Waals surface area contributed by atoms with E-state index in [4.69, 9.17) is 0 Å². The number of carbonyl (C=O) groups excluding carboxylic acids is 3. The van der Waals surface area contributed by atoms with E-state index in [2.05, 4.69) is 20.8 Å². The van der Waals surface area contributed by atoms with Gasteiger partial charge in [-0.2, -0.15) is 5.10 Å². The fourth-order valence-electron chi connectivity index (χ4n) is 2.17. The lowest BCUT2D eigenvalue weighted by molar-refractivity contribution is -0.130. The van der Waals surface area contributed by atoms with Gasteiger partial charge in [-0.1, -0.05) is 6.92 Å². The molecule has 8 nitrogen and oxygen atoms in total. The molecule has 0 radical (unpaired) electrons. The summed E-state index contributed by atoms with van der Waals surface area (Å²) in [6.45, 7) is 2.73. The van der Waals surface area contributed by atoms with Gasteiger partial charge in [0.15, 0.2) is 0 Å². The minimum atomic E-state index is -0.752. The average molecular weight is 293 g/mol. The van der Waals surface area contributed by atoms with Crippen molar-refractivity contribution < 1.29 is 14.4 Å². The number of rotatable bonds is 7. The Bertz CT molecular complexity index is 514. The van der Waals surface area contributed by atoms with Crippen molar-refractivity contribution in [2.45, 2.75) is 32.2 Å². The van der Waals surface area contributed by atoms with Crippen LogP contribution < -0.4 is 10.6 Å². The zero-order valence-electron chi connectivity index (χ0n) is 11.9. The smallest absolute Gasteiger partial charge is 0.324 e. The summed E-state index contributed by atoms with van der Waals surface area (Å²) < 4.78 is 0. The molecule has 0 aromatic carbocycles. The van der Waals surface area contributed by atoms with E-state index in [1.165, 1.54) is 0 Å². The SMILES string of the molecule is CCCN1C(=O)N[C@@H](CC(=O)NCCc2cn[nH]c2)C1=O. The Hall–Kier alpha value is -2.38.